The fourth-order valence-corrected chi connectivity index (χ4v) is 1.73. The Morgan fingerprint density at radius 1 is 1.39 bits per heavy atom. The summed E-state index contributed by atoms with van der Waals surface area (Å²) in [6.07, 6.45) is 3.40. The van der Waals surface area contributed by atoms with Gasteiger partial charge in [0.25, 0.3) is 0 Å². The molecule has 0 unspecified atom stereocenters. The van der Waals surface area contributed by atoms with Gasteiger partial charge in [0.1, 0.15) is 6.54 Å². The molecule has 1 rings (SSSR count). The van der Waals surface area contributed by atoms with Crippen LogP contribution in [0.2, 0.25) is 0 Å². The number of halogens is 1. The highest BCUT2D eigenvalue weighted by Crippen LogP contribution is 2.08. The average Bonchev–Trinajstić information content (AvgIpc) is 2.37. The Morgan fingerprint density at radius 3 is 2.67 bits per heavy atom. The number of hydrogen-bond acceptors (Lipinski definition) is 3. The molecule has 1 aliphatic heterocycles. The average molecular weight is 370 g/mol. The minimum absolute atomic E-state index is 0. The summed E-state index contributed by atoms with van der Waals surface area (Å²) in [5.41, 5.74) is 5.60. The van der Waals surface area contributed by atoms with Gasteiger partial charge in [-0.15, -0.1) is 24.0 Å². The number of hydrogen-bond donors (Lipinski definition) is 2. The number of carbonyl (C=O) groups excluding carboxylic acids is 1. The fourth-order valence-electron chi connectivity index (χ4n) is 1.73. The Kier molecular flexibility index (Phi) is 10.0. The summed E-state index contributed by atoms with van der Waals surface area (Å²) in [7, 11) is 1.62. The number of methoxy groups -OCH3 is 1. The number of ether oxygens (including phenoxy) is 1. The molecule has 0 spiro atoms. The highest BCUT2D eigenvalue weighted by atomic mass is 127. The molecule has 1 aliphatic rings. The van der Waals surface area contributed by atoms with E-state index in [0.29, 0.717) is 19.1 Å². The van der Waals surface area contributed by atoms with E-state index >= 15 is 0 Å². The van der Waals surface area contributed by atoms with Gasteiger partial charge in [-0.1, -0.05) is 0 Å². The van der Waals surface area contributed by atoms with E-state index in [1.165, 1.54) is 6.42 Å². The number of guanidine groups is 1. The topological polar surface area (TPSA) is 80.0 Å². The van der Waals surface area contributed by atoms with Crippen LogP contribution in [0.3, 0.4) is 0 Å². The lowest BCUT2D eigenvalue weighted by atomic mass is 10.1. The molecule has 0 aromatic carbocycles. The first kappa shape index (κ1) is 17.4. The van der Waals surface area contributed by atoms with Crippen molar-refractivity contribution in [2.24, 2.45) is 10.7 Å². The maximum Gasteiger partial charge on any atom is 0.244 e. The van der Waals surface area contributed by atoms with Crippen LogP contribution < -0.4 is 11.1 Å². The lowest BCUT2D eigenvalue weighted by molar-refractivity contribution is -0.130. The number of carbonyl (C=O) groups is 1. The van der Waals surface area contributed by atoms with Crippen molar-refractivity contribution in [3.8, 4) is 0 Å². The number of aliphatic imine (C=N–C) groups is 1. The van der Waals surface area contributed by atoms with Crippen LogP contribution in [0.1, 0.15) is 19.3 Å². The van der Waals surface area contributed by atoms with Crippen LogP contribution in [-0.4, -0.2) is 56.7 Å². The van der Waals surface area contributed by atoms with Gasteiger partial charge in [0, 0.05) is 26.7 Å². The molecular formula is C11H23IN4O2. The normalized spacial score (nSPS) is 16.1. The first-order valence-corrected chi connectivity index (χ1v) is 6.04. The summed E-state index contributed by atoms with van der Waals surface area (Å²) >= 11 is 0. The van der Waals surface area contributed by atoms with Gasteiger partial charge in [-0.2, -0.15) is 0 Å². The number of piperidine rings is 1. The Balaban J connectivity index is 0.00000289. The Bertz CT molecular complexity index is 268. The molecule has 0 aliphatic carbocycles. The van der Waals surface area contributed by atoms with Crippen molar-refractivity contribution >= 4 is 35.8 Å². The predicted molar refractivity (Wildman–Crippen MR) is 82.2 cm³/mol. The molecule has 106 valence electrons. The molecule has 0 aromatic rings. The molecule has 7 heteroatoms. The minimum Gasteiger partial charge on any atom is -0.383 e. The third kappa shape index (κ3) is 7.00. The molecule has 3 N–H and O–H groups in total. The van der Waals surface area contributed by atoms with E-state index in [4.69, 9.17) is 10.5 Å². The van der Waals surface area contributed by atoms with Gasteiger partial charge in [0.2, 0.25) is 5.91 Å². The van der Waals surface area contributed by atoms with E-state index in [-0.39, 0.29) is 36.4 Å². The molecule has 1 amide bonds. The van der Waals surface area contributed by atoms with Gasteiger partial charge in [-0.25, -0.2) is 4.99 Å². The number of amides is 1. The Labute approximate surface area is 125 Å². The zero-order valence-corrected chi connectivity index (χ0v) is 13.2. The van der Waals surface area contributed by atoms with Crippen LogP contribution in [-0.2, 0) is 9.53 Å². The second-order valence-corrected chi connectivity index (χ2v) is 4.06. The largest absolute Gasteiger partial charge is 0.383 e. The summed E-state index contributed by atoms with van der Waals surface area (Å²) < 4.78 is 4.86. The van der Waals surface area contributed by atoms with E-state index < -0.39 is 0 Å². The monoisotopic (exact) mass is 370 g/mol. The number of rotatable bonds is 5. The van der Waals surface area contributed by atoms with Crippen LogP contribution in [0.15, 0.2) is 4.99 Å². The van der Waals surface area contributed by atoms with Crippen LogP contribution in [0.5, 0.6) is 0 Å². The second-order valence-electron chi connectivity index (χ2n) is 4.06. The van der Waals surface area contributed by atoms with Crippen LogP contribution in [0.25, 0.3) is 0 Å². The SMILES string of the molecule is COCCNC(N)=NCC(=O)N1CCCCC1.I. The zero-order valence-electron chi connectivity index (χ0n) is 10.9. The highest BCUT2D eigenvalue weighted by Gasteiger charge is 2.15. The molecule has 0 saturated carbocycles. The van der Waals surface area contributed by atoms with Crippen molar-refractivity contribution < 1.29 is 9.53 Å². The number of nitrogens with one attached hydrogen (secondary N) is 1. The first-order valence-electron chi connectivity index (χ1n) is 6.04. The summed E-state index contributed by atoms with van der Waals surface area (Å²) in [5.74, 6) is 0.355. The molecule has 1 saturated heterocycles. The molecule has 0 atom stereocenters. The smallest absolute Gasteiger partial charge is 0.244 e. The van der Waals surface area contributed by atoms with Crippen molar-refractivity contribution in [3.05, 3.63) is 0 Å². The summed E-state index contributed by atoms with van der Waals surface area (Å²) in [4.78, 5) is 17.6. The molecule has 1 heterocycles. The predicted octanol–water partition coefficient (Wildman–Crippen LogP) is 0.168. The highest BCUT2D eigenvalue weighted by molar-refractivity contribution is 14.0. The van der Waals surface area contributed by atoms with E-state index in [9.17, 15) is 4.79 Å². The Morgan fingerprint density at radius 2 is 2.06 bits per heavy atom. The minimum atomic E-state index is 0. The number of likely N-dealkylation sites (tertiary alicyclic amines) is 1. The molecule has 1 fully saturated rings. The molecule has 0 radical (unpaired) electrons. The van der Waals surface area contributed by atoms with Crippen LogP contribution in [0.4, 0.5) is 0 Å². The van der Waals surface area contributed by atoms with Crippen molar-refractivity contribution in [3.63, 3.8) is 0 Å². The second kappa shape index (κ2) is 10.4. The van der Waals surface area contributed by atoms with Crippen molar-refractivity contribution in [1.82, 2.24) is 10.2 Å². The summed E-state index contributed by atoms with van der Waals surface area (Å²) in [5, 5.41) is 2.87. The van der Waals surface area contributed by atoms with Crippen LogP contribution in [0, 0.1) is 0 Å². The molecule has 0 bridgehead atoms. The van der Waals surface area contributed by atoms with Crippen molar-refractivity contribution in [2.75, 3.05) is 39.9 Å². The third-order valence-corrected chi connectivity index (χ3v) is 2.71. The Hall–Kier alpha value is -0.570. The van der Waals surface area contributed by atoms with E-state index in [1.807, 2.05) is 4.90 Å². The van der Waals surface area contributed by atoms with E-state index in [2.05, 4.69) is 10.3 Å². The van der Waals surface area contributed by atoms with Gasteiger partial charge >= 0.3 is 0 Å². The van der Waals surface area contributed by atoms with Gasteiger partial charge in [0.05, 0.1) is 6.61 Å². The lowest BCUT2D eigenvalue weighted by Crippen LogP contribution is -2.39. The standard InChI is InChI=1S/C11H22N4O2.HI/c1-17-8-5-13-11(12)14-9-10(16)15-6-3-2-4-7-15;/h2-9H2,1H3,(H3,12,13,14);1H. The zero-order chi connectivity index (χ0) is 12.5. The number of nitrogens with two attached hydrogens (primary N) is 1. The fraction of sp³-hybridized carbons (Fsp3) is 0.818. The molecular weight excluding hydrogens is 347 g/mol. The van der Waals surface area contributed by atoms with E-state index in [0.717, 1.165) is 25.9 Å². The van der Waals surface area contributed by atoms with Crippen molar-refractivity contribution in [1.29, 1.82) is 0 Å². The van der Waals surface area contributed by atoms with Crippen molar-refractivity contribution in [2.45, 2.75) is 19.3 Å². The van der Waals surface area contributed by atoms with E-state index in [1.54, 1.807) is 7.11 Å². The third-order valence-electron chi connectivity index (χ3n) is 2.71. The maximum absolute atomic E-state index is 11.7. The summed E-state index contributed by atoms with van der Waals surface area (Å²) in [6.45, 7) is 3.00. The molecule has 18 heavy (non-hydrogen) atoms. The maximum atomic E-state index is 11.7. The molecule has 6 nitrogen and oxygen atoms in total. The van der Waals surface area contributed by atoms with Gasteiger partial charge in [-0.3, -0.25) is 4.79 Å². The quantitative estimate of drug-likeness (QED) is 0.313. The lowest BCUT2D eigenvalue weighted by Gasteiger charge is -2.26. The number of nitrogens with zero attached hydrogens (tertiary/aromatic N) is 2. The van der Waals surface area contributed by atoms with Crippen LogP contribution >= 0.6 is 24.0 Å². The summed E-state index contributed by atoms with van der Waals surface area (Å²) in [6, 6.07) is 0. The first-order chi connectivity index (χ1) is 8.24. The van der Waals surface area contributed by atoms with Gasteiger partial charge < -0.3 is 20.7 Å². The van der Waals surface area contributed by atoms with Gasteiger partial charge in [-0.05, 0) is 19.3 Å². The molecule has 0 aromatic heterocycles. The van der Waals surface area contributed by atoms with Gasteiger partial charge in [0.15, 0.2) is 5.96 Å².